The van der Waals surface area contributed by atoms with E-state index >= 15 is 0 Å². The van der Waals surface area contributed by atoms with Gasteiger partial charge >= 0.3 is 0 Å². The van der Waals surface area contributed by atoms with Crippen molar-refractivity contribution in [2.75, 3.05) is 0 Å². The Bertz CT molecular complexity index is 1210. The molecule has 0 saturated heterocycles. The first-order valence-corrected chi connectivity index (χ1v) is 12.1. The summed E-state index contributed by atoms with van der Waals surface area (Å²) >= 11 is 0. The predicted octanol–water partition coefficient (Wildman–Crippen LogP) is 3.55. The summed E-state index contributed by atoms with van der Waals surface area (Å²) in [4.78, 5) is 11.4. The van der Waals surface area contributed by atoms with Crippen molar-refractivity contribution in [1.82, 2.24) is 9.19 Å². The van der Waals surface area contributed by atoms with Gasteiger partial charge in [0.25, 0.3) is 19.1 Å². The summed E-state index contributed by atoms with van der Waals surface area (Å²) in [6.07, 6.45) is 1.27. The number of halogens is 1. The van der Waals surface area contributed by atoms with Gasteiger partial charge < -0.3 is 0 Å². The van der Waals surface area contributed by atoms with Crippen LogP contribution in [0.5, 0.6) is 0 Å². The van der Waals surface area contributed by atoms with Gasteiger partial charge in [0.2, 0.25) is 0 Å². The van der Waals surface area contributed by atoms with Gasteiger partial charge in [0.05, 0.1) is 9.79 Å². The molecular weight excluding hydrogens is 436 g/mol. The van der Waals surface area contributed by atoms with Gasteiger partial charge in [-0.25, -0.2) is 8.42 Å². The quantitative estimate of drug-likeness (QED) is 0.441. The molecule has 3 aromatic rings. The lowest BCUT2D eigenvalue weighted by molar-refractivity contribution is 0.101. The summed E-state index contributed by atoms with van der Waals surface area (Å²) in [5, 5.41) is 3.76. The zero-order valence-corrected chi connectivity index (χ0v) is 18.3. The molecule has 1 heterocycles. The van der Waals surface area contributed by atoms with Gasteiger partial charge in [-0.1, -0.05) is 35.4 Å². The Morgan fingerprint density at radius 3 is 1.66 bits per heavy atom. The number of hydrogen-bond donors (Lipinski definition) is 0. The highest BCUT2D eigenvalue weighted by atomic mass is 35.7. The number of carbonyl (C=O) groups is 1. The Hall–Kier alpha value is -2.49. The first-order chi connectivity index (χ1) is 13.4. The number of rotatable bonds is 4. The van der Waals surface area contributed by atoms with E-state index in [9.17, 15) is 21.6 Å². The Kier molecular flexibility index (Phi) is 6.99. The van der Waals surface area contributed by atoms with E-state index in [0.717, 1.165) is 15.2 Å². The van der Waals surface area contributed by atoms with Crippen molar-refractivity contribution in [3.63, 3.8) is 0 Å². The minimum atomic E-state index is -3.72. The molecule has 7 nitrogen and oxygen atoms in total. The van der Waals surface area contributed by atoms with Crippen LogP contribution in [-0.4, -0.2) is 31.8 Å². The molecule has 0 aliphatic carbocycles. The Balaban J connectivity index is 0.000000234. The third-order valence-corrected chi connectivity index (χ3v) is 6.73. The third-order valence-electron chi connectivity index (χ3n) is 3.79. The zero-order valence-electron chi connectivity index (χ0n) is 15.9. The average Bonchev–Trinajstić information content (AvgIpc) is 3.13. The number of benzene rings is 2. The monoisotopic (exact) mass is 454 g/mol. The Labute approximate surface area is 174 Å². The normalized spacial score (nSPS) is 11.4. The second kappa shape index (κ2) is 8.89. The topological polar surface area (TPSA) is 103 Å². The average molecular weight is 455 g/mol. The van der Waals surface area contributed by atoms with Crippen LogP contribution in [0.25, 0.3) is 0 Å². The van der Waals surface area contributed by atoms with Crippen LogP contribution in [0.3, 0.4) is 0 Å². The van der Waals surface area contributed by atoms with Crippen LogP contribution >= 0.6 is 10.7 Å². The highest BCUT2D eigenvalue weighted by molar-refractivity contribution is 8.13. The second-order valence-electron chi connectivity index (χ2n) is 6.20. The molecule has 10 heteroatoms. The van der Waals surface area contributed by atoms with E-state index in [1.165, 1.54) is 43.5 Å². The molecule has 0 aliphatic heterocycles. The molecule has 0 atom stereocenters. The molecule has 0 unspecified atom stereocenters. The van der Waals surface area contributed by atoms with Gasteiger partial charge in [-0.3, -0.25) is 4.79 Å². The standard InChI is InChI=1S/C12H12N2O3S.C7H7ClO2S/c1-9-3-5-11(6-4-9)18(16,17)14-8-7-12(13-14)10(2)15;1-6-2-4-7(5-3-6)11(8,9)10/h3-8H,1-2H3;2-5H,1H3. The number of ketones is 1. The van der Waals surface area contributed by atoms with Crippen LogP contribution in [0.1, 0.15) is 28.5 Å². The van der Waals surface area contributed by atoms with Crippen LogP contribution in [0.2, 0.25) is 0 Å². The fourth-order valence-electron chi connectivity index (χ4n) is 2.15. The molecule has 0 aliphatic rings. The van der Waals surface area contributed by atoms with Gasteiger partial charge in [0.1, 0.15) is 5.69 Å². The maximum Gasteiger partial charge on any atom is 0.282 e. The number of hydrogen-bond acceptors (Lipinski definition) is 6. The molecule has 29 heavy (non-hydrogen) atoms. The van der Waals surface area contributed by atoms with Crippen molar-refractivity contribution in [3.8, 4) is 0 Å². The first kappa shape index (κ1) is 22.8. The first-order valence-electron chi connectivity index (χ1n) is 8.31. The lowest BCUT2D eigenvalue weighted by Gasteiger charge is -2.04. The Morgan fingerprint density at radius 2 is 1.28 bits per heavy atom. The van der Waals surface area contributed by atoms with E-state index in [0.29, 0.717) is 0 Å². The summed E-state index contributed by atoms with van der Waals surface area (Å²) in [6.45, 7) is 5.09. The van der Waals surface area contributed by atoms with Crippen molar-refractivity contribution in [2.24, 2.45) is 0 Å². The summed E-state index contributed by atoms with van der Waals surface area (Å²) in [6, 6.07) is 14.2. The van der Waals surface area contributed by atoms with E-state index in [4.69, 9.17) is 10.7 Å². The molecule has 0 bridgehead atoms. The van der Waals surface area contributed by atoms with Crippen molar-refractivity contribution >= 4 is 35.5 Å². The fraction of sp³-hybridized carbons (Fsp3) is 0.158. The molecule has 0 N–H and O–H groups in total. The minimum Gasteiger partial charge on any atom is -0.293 e. The third kappa shape index (κ3) is 5.99. The van der Waals surface area contributed by atoms with E-state index in [2.05, 4.69) is 5.10 Å². The van der Waals surface area contributed by atoms with Gasteiger partial charge in [0, 0.05) is 23.8 Å². The van der Waals surface area contributed by atoms with Crippen molar-refractivity contribution in [1.29, 1.82) is 0 Å². The fourth-order valence-corrected chi connectivity index (χ4v) is 4.03. The number of aryl methyl sites for hydroxylation is 2. The van der Waals surface area contributed by atoms with E-state index in [-0.39, 0.29) is 21.3 Å². The number of Topliss-reactive ketones (excluding diaryl/α,β-unsaturated/α-hetero) is 1. The van der Waals surface area contributed by atoms with Crippen molar-refractivity contribution < 1.29 is 21.6 Å². The van der Waals surface area contributed by atoms with Crippen LogP contribution in [0, 0.1) is 13.8 Å². The number of aromatic nitrogens is 2. The van der Waals surface area contributed by atoms with Crippen LogP contribution in [0.4, 0.5) is 0 Å². The molecule has 3 rings (SSSR count). The van der Waals surface area contributed by atoms with Crippen LogP contribution in [-0.2, 0) is 19.1 Å². The van der Waals surface area contributed by atoms with Crippen molar-refractivity contribution in [2.45, 2.75) is 30.6 Å². The molecule has 0 radical (unpaired) electrons. The van der Waals surface area contributed by atoms with Crippen molar-refractivity contribution in [3.05, 3.63) is 77.6 Å². The highest BCUT2D eigenvalue weighted by Crippen LogP contribution is 2.15. The van der Waals surface area contributed by atoms with Crippen LogP contribution in [0.15, 0.2) is 70.6 Å². The molecule has 0 spiro atoms. The predicted molar refractivity (Wildman–Crippen MR) is 110 cm³/mol. The second-order valence-corrected chi connectivity index (χ2v) is 10.6. The van der Waals surface area contributed by atoms with E-state index < -0.39 is 19.1 Å². The van der Waals surface area contributed by atoms with Crippen LogP contribution < -0.4 is 0 Å². The van der Waals surface area contributed by atoms with Gasteiger partial charge in [0.15, 0.2) is 5.78 Å². The summed E-state index contributed by atoms with van der Waals surface area (Å²) in [7, 11) is -2.18. The van der Waals surface area contributed by atoms with E-state index in [1.54, 1.807) is 24.3 Å². The number of nitrogens with zero attached hydrogens (tertiary/aromatic N) is 2. The van der Waals surface area contributed by atoms with E-state index in [1.807, 2.05) is 13.8 Å². The molecule has 0 saturated carbocycles. The highest BCUT2D eigenvalue weighted by Gasteiger charge is 2.18. The van der Waals surface area contributed by atoms with Gasteiger partial charge in [-0.2, -0.15) is 17.6 Å². The molecule has 1 aromatic heterocycles. The molecular formula is C19H19ClN2O5S2. The summed E-state index contributed by atoms with van der Waals surface area (Å²) in [5.41, 5.74) is 2.11. The molecule has 154 valence electrons. The molecule has 0 amide bonds. The maximum atomic E-state index is 12.2. The molecule has 2 aromatic carbocycles. The summed E-state index contributed by atoms with van der Waals surface area (Å²) in [5.74, 6) is -0.271. The van der Waals surface area contributed by atoms with Gasteiger partial charge in [-0.15, -0.1) is 0 Å². The lowest BCUT2D eigenvalue weighted by Crippen LogP contribution is -2.14. The summed E-state index contributed by atoms with van der Waals surface area (Å²) < 4.78 is 46.6. The Morgan fingerprint density at radius 1 is 0.828 bits per heavy atom. The largest absolute Gasteiger partial charge is 0.293 e. The minimum absolute atomic E-state index is 0.130. The SMILES string of the molecule is CC(=O)c1ccn(S(=O)(=O)c2ccc(C)cc2)n1.Cc1ccc(S(=O)(=O)Cl)cc1. The zero-order chi connectivity index (χ0) is 21.8. The smallest absolute Gasteiger partial charge is 0.282 e. The number of carbonyl (C=O) groups excluding carboxylic acids is 1. The van der Waals surface area contributed by atoms with Gasteiger partial charge in [-0.05, 0) is 44.2 Å². The lowest BCUT2D eigenvalue weighted by atomic mass is 10.2. The maximum absolute atomic E-state index is 12.2. The molecule has 0 fully saturated rings.